The van der Waals surface area contributed by atoms with Crippen molar-refractivity contribution in [2.45, 2.75) is 45.9 Å². The van der Waals surface area contributed by atoms with Gasteiger partial charge in [0.05, 0.1) is 7.11 Å². The predicted molar refractivity (Wildman–Crippen MR) is 75.1 cm³/mol. The van der Waals surface area contributed by atoms with Gasteiger partial charge in [0, 0.05) is 12.1 Å². The third-order valence-corrected chi connectivity index (χ3v) is 2.66. The molecule has 1 rings (SSSR count). The minimum absolute atomic E-state index is 0.0367. The van der Waals surface area contributed by atoms with E-state index in [2.05, 4.69) is 10.1 Å². The Bertz CT molecular complexity index is 469. The van der Waals surface area contributed by atoms with Crippen molar-refractivity contribution >= 4 is 5.97 Å². The molecule has 1 atom stereocenters. The fourth-order valence-electron chi connectivity index (χ4n) is 1.52. The summed E-state index contributed by atoms with van der Waals surface area (Å²) in [7, 11) is 1.26. The van der Waals surface area contributed by atoms with Crippen molar-refractivity contribution < 1.29 is 18.7 Å². The number of methoxy groups -OCH3 is 1. The summed E-state index contributed by atoms with van der Waals surface area (Å²) in [5.74, 6) is -0.987. The minimum Gasteiger partial charge on any atom is -0.476 e. The van der Waals surface area contributed by atoms with Gasteiger partial charge in [-0.2, -0.15) is 0 Å². The van der Waals surface area contributed by atoms with Gasteiger partial charge in [0.2, 0.25) is 0 Å². The van der Waals surface area contributed by atoms with Crippen LogP contribution in [0.2, 0.25) is 0 Å². The number of halogens is 1. The molecular weight excluding hydrogens is 261 g/mol. The monoisotopic (exact) mass is 283 g/mol. The normalized spacial score (nSPS) is 12.9. The van der Waals surface area contributed by atoms with Crippen LogP contribution in [0, 0.1) is 5.82 Å². The van der Waals surface area contributed by atoms with E-state index in [4.69, 9.17) is 4.74 Å². The van der Waals surface area contributed by atoms with E-state index in [-0.39, 0.29) is 11.3 Å². The summed E-state index contributed by atoms with van der Waals surface area (Å²) in [5, 5.41) is 3.27. The summed E-state index contributed by atoms with van der Waals surface area (Å²) in [4.78, 5) is 11.2. The van der Waals surface area contributed by atoms with Crippen molar-refractivity contribution in [2.24, 2.45) is 0 Å². The highest BCUT2D eigenvalue weighted by Crippen LogP contribution is 2.20. The molecule has 0 aliphatic carbocycles. The molecule has 0 radical (unpaired) electrons. The van der Waals surface area contributed by atoms with Crippen LogP contribution in [0.25, 0.3) is 0 Å². The first-order valence-corrected chi connectivity index (χ1v) is 6.51. The highest BCUT2D eigenvalue weighted by atomic mass is 19.1. The van der Waals surface area contributed by atoms with E-state index in [1.54, 1.807) is 6.07 Å². The van der Waals surface area contributed by atoms with Crippen LogP contribution in [-0.4, -0.2) is 24.7 Å². The Morgan fingerprint density at radius 2 is 2.05 bits per heavy atom. The molecule has 4 nitrogen and oxygen atoms in total. The lowest BCUT2D eigenvalue weighted by Crippen LogP contribution is -2.35. The Balaban J connectivity index is 2.71. The number of benzene rings is 1. The summed E-state index contributed by atoms with van der Waals surface area (Å²) < 4.78 is 23.6. The fourth-order valence-corrected chi connectivity index (χ4v) is 1.52. The summed E-state index contributed by atoms with van der Waals surface area (Å²) in [6.07, 6.45) is -0.840. The molecule has 0 aliphatic heterocycles. The lowest BCUT2D eigenvalue weighted by molar-refractivity contribution is -0.148. The van der Waals surface area contributed by atoms with Gasteiger partial charge in [-0.05, 0) is 45.4 Å². The predicted octanol–water partition coefficient (Wildman–Crippen LogP) is 2.65. The SMILES string of the molecule is COC(=O)C(C)Oc1ccc(CNC(C)(C)C)cc1F. The molecule has 0 amide bonds. The minimum atomic E-state index is -0.840. The summed E-state index contributed by atoms with van der Waals surface area (Å²) >= 11 is 0. The maximum absolute atomic E-state index is 13.9. The largest absolute Gasteiger partial charge is 0.476 e. The topological polar surface area (TPSA) is 47.6 Å². The first kappa shape index (κ1) is 16.4. The van der Waals surface area contributed by atoms with E-state index in [0.29, 0.717) is 6.54 Å². The van der Waals surface area contributed by atoms with Gasteiger partial charge in [0.25, 0.3) is 0 Å². The standard InChI is InChI=1S/C15H22FNO3/c1-10(14(18)19-5)20-13-7-6-11(8-12(13)16)9-17-15(2,3)4/h6-8,10,17H,9H2,1-5H3. The van der Waals surface area contributed by atoms with Gasteiger partial charge < -0.3 is 14.8 Å². The molecular formula is C15H22FNO3. The summed E-state index contributed by atoms with van der Waals surface area (Å²) in [6, 6.07) is 4.69. The van der Waals surface area contributed by atoms with E-state index in [1.807, 2.05) is 20.8 Å². The summed E-state index contributed by atoms with van der Waals surface area (Å²) in [6.45, 7) is 8.20. The quantitative estimate of drug-likeness (QED) is 0.844. The smallest absolute Gasteiger partial charge is 0.346 e. The second kappa shape index (κ2) is 6.70. The average molecular weight is 283 g/mol. The number of ether oxygens (including phenoxy) is 2. The van der Waals surface area contributed by atoms with E-state index < -0.39 is 17.9 Å². The third kappa shape index (κ3) is 5.17. The zero-order valence-corrected chi connectivity index (χ0v) is 12.6. The summed E-state index contributed by atoms with van der Waals surface area (Å²) in [5.41, 5.74) is 0.779. The van der Waals surface area contributed by atoms with Crippen molar-refractivity contribution in [3.8, 4) is 5.75 Å². The fraction of sp³-hybridized carbons (Fsp3) is 0.533. The molecule has 1 aromatic carbocycles. The molecule has 1 unspecified atom stereocenters. The van der Waals surface area contributed by atoms with Gasteiger partial charge in [0.1, 0.15) is 0 Å². The maximum atomic E-state index is 13.9. The van der Waals surface area contributed by atoms with Crippen molar-refractivity contribution in [3.63, 3.8) is 0 Å². The molecule has 112 valence electrons. The van der Waals surface area contributed by atoms with Gasteiger partial charge >= 0.3 is 5.97 Å². The van der Waals surface area contributed by atoms with Gasteiger partial charge in [-0.3, -0.25) is 0 Å². The Morgan fingerprint density at radius 1 is 1.40 bits per heavy atom. The Morgan fingerprint density at radius 3 is 2.55 bits per heavy atom. The van der Waals surface area contributed by atoms with Crippen LogP contribution >= 0.6 is 0 Å². The first-order valence-electron chi connectivity index (χ1n) is 6.51. The van der Waals surface area contributed by atoms with E-state index in [9.17, 15) is 9.18 Å². The molecule has 0 bridgehead atoms. The Hall–Kier alpha value is -1.62. The van der Waals surface area contributed by atoms with E-state index in [0.717, 1.165) is 5.56 Å². The Labute approximate surface area is 119 Å². The van der Waals surface area contributed by atoms with Crippen molar-refractivity contribution in [1.29, 1.82) is 0 Å². The van der Waals surface area contributed by atoms with Crippen molar-refractivity contribution in [2.75, 3.05) is 7.11 Å². The lowest BCUT2D eigenvalue weighted by atomic mass is 10.1. The van der Waals surface area contributed by atoms with Gasteiger partial charge in [-0.25, -0.2) is 9.18 Å². The highest BCUT2D eigenvalue weighted by molar-refractivity contribution is 5.74. The zero-order valence-electron chi connectivity index (χ0n) is 12.6. The molecule has 20 heavy (non-hydrogen) atoms. The van der Waals surface area contributed by atoms with Gasteiger partial charge in [0.15, 0.2) is 17.7 Å². The van der Waals surface area contributed by atoms with Crippen LogP contribution in [-0.2, 0) is 16.1 Å². The number of hydrogen-bond donors (Lipinski definition) is 1. The van der Waals surface area contributed by atoms with E-state index >= 15 is 0 Å². The van der Waals surface area contributed by atoms with Crippen molar-refractivity contribution in [1.82, 2.24) is 5.32 Å². The molecule has 0 aliphatic rings. The van der Waals surface area contributed by atoms with E-state index in [1.165, 1.54) is 26.2 Å². The second-order valence-electron chi connectivity index (χ2n) is 5.65. The second-order valence-corrected chi connectivity index (χ2v) is 5.65. The molecule has 1 aromatic rings. The van der Waals surface area contributed by atoms with Gasteiger partial charge in [-0.15, -0.1) is 0 Å². The number of nitrogens with one attached hydrogen (secondary N) is 1. The van der Waals surface area contributed by atoms with Crippen LogP contribution in [0.3, 0.4) is 0 Å². The highest BCUT2D eigenvalue weighted by Gasteiger charge is 2.17. The number of carbonyl (C=O) groups is 1. The van der Waals surface area contributed by atoms with Crippen LogP contribution in [0.1, 0.15) is 33.3 Å². The Kier molecular flexibility index (Phi) is 5.51. The molecule has 0 saturated carbocycles. The molecule has 0 heterocycles. The molecule has 5 heteroatoms. The number of hydrogen-bond acceptors (Lipinski definition) is 4. The van der Waals surface area contributed by atoms with Gasteiger partial charge in [-0.1, -0.05) is 6.07 Å². The number of esters is 1. The molecule has 0 fully saturated rings. The molecule has 0 saturated heterocycles. The van der Waals surface area contributed by atoms with Crippen LogP contribution in [0.15, 0.2) is 18.2 Å². The lowest BCUT2D eigenvalue weighted by Gasteiger charge is -2.20. The zero-order chi connectivity index (χ0) is 15.3. The number of rotatable bonds is 5. The van der Waals surface area contributed by atoms with Crippen LogP contribution < -0.4 is 10.1 Å². The maximum Gasteiger partial charge on any atom is 0.346 e. The van der Waals surface area contributed by atoms with Crippen molar-refractivity contribution in [3.05, 3.63) is 29.6 Å². The van der Waals surface area contributed by atoms with Crippen LogP contribution in [0.4, 0.5) is 4.39 Å². The average Bonchev–Trinajstić information content (AvgIpc) is 2.37. The molecule has 0 aromatic heterocycles. The van der Waals surface area contributed by atoms with Crippen LogP contribution in [0.5, 0.6) is 5.75 Å². The first-order chi connectivity index (χ1) is 9.23. The molecule has 1 N–H and O–H groups in total. The third-order valence-electron chi connectivity index (χ3n) is 2.66. The molecule has 0 spiro atoms. The number of carbonyl (C=O) groups excluding carboxylic acids is 1.